The van der Waals surface area contributed by atoms with Gasteiger partial charge in [-0.2, -0.15) is 0 Å². The van der Waals surface area contributed by atoms with Gasteiger partial charge in [0.15, 0.2) is 5.11 Å². The van der Waals surface area contributed by atoms with Crippen molar-refractivity contribution < 1.29 is 9.53 Å². The molecule has 0 atom stereocenters. The molecular formula is C21H32N2O2S. The minimum Gasteiger partial charge on any atom is -0.493 e. The van der Waals surface area contributed by atoms with E-state index in [4.69, 9.17) is 17.0 Å². The zero-order chi connectivity index (χ0) is 19.2. The van der Waals surface area contributed by atoms with Crippen LogP contribution in [-0.4, -0.2) is 35.6 Å². The van der Waals surface area contributed by atoms with Crippen molar-refractivity contribution in [2.24, 2.45) is 5.41 Å². The van der Waals surface area contributed by atoms with Crippen LogP contribution in [0, 0.1) is 19.3 Å². The molecule has 0 saturated carbocycles. The van der Waals surface area contributed by atoms with Crippen molar-refractivity contribution in [2.45, 2.75) is 59.8 Å². The summed E-state index contributed by atoms with van der Waals surface area (Å²) in [6.45, 7) is 10.6. The number of nitrogens with one attached hydrogen (secondary N) is 1. The molecule has 1 aromatic rings. The predicted molar refractivity (Wildman–Crippen MR) is 111 cm³/mol. The van der Waals surface area contributed by atoms with Crippen LogP contribution in [0.4, 0.5) is 0 Å². The first-order valence-corrected chi connectivity index (χ1v) is 10.0. The maximum atomic E-state index is 12.6. The van der Waals surface area contributed by atoms with E-state index in [0.29, 0.717) is 11.7 Å². The van der Waals surface area contributed by atoms with Gasteiger partial charge in [-0.05, 0) is 75.4 Å². The highest BCUT2D eigenvalue weighted by Crippen LogP contribution is 2.24. The molecule has 1 N–H and O–H groups in total. The zero-order valence-corrected chi connectivity index (χ0v) is 17.4. The van der Waals surface area contributed by atoms with Crippen LogP contribution in [0.3, 0.4) is 0 Å². The van der Waals surface area contributed by atoms with Crippen molar-refractivity contribution >= 4 is 23.2 Å². The Morgan fingerprint density at radius 2 is 1.92 bits per heavy atom. The van der Waals surface area contributed by atoms with Crippen molar-refractivity contribution in [3.63, 3.8) is 0 Å². The number of likely N-dealkylation sites (tertiary alicyclic amines) is 1. The molecule has 144 valence electrons. The van der Waals surface area contributed by atoms with Gasteiger partial charge in [-0.15, -0.1) is 0 Å². The van der Waals surface area contributed by atoms with Gasteiger partial charge in [-0.3, -0.25) is 4.79 Å². The van der Waals surface area contributed by atoms with Crippen molar-refractivity contribution in [1.29, 1.82) is 0 Å². The Labute approximate surface area is 163 Å². The number of ether oxygens (including phenoxy) is 1. The summed E-state index contributed by atoms with van der Waals surface area (Å²) < 4.78 is 5.90. The van der Waals surface area contributed by atoms with Crippen molar-refractivity contribution in [3.05, 3.63) is 29.3 Å². The second-order valence-electron chi connectivity index (χ2n) is 7.91. The van der Waals surface area contributed by atoms with Crippen LogP contribution in [-0.2, 0) is 4.79 Å². The second-order valence-corrected chi connectivity index (χ2v) is 8.30. The molecule has 4 nitrogen and oxygen atoms in total. The van der Waals surface area contributed by atoms with Crippen LogP contribution >= 0.6 is 12.2 Å². The van der Waals surface area contributed by atoms with Gasteiger partial charge >= 0.3 is 0 Å². The molecule has 1 amide bonds. The standard InChI is InChI=1S/C21H32N2O2S/c1-16-9-10-17(2)18(15-16)25-14-8-11-21(3,4)19(24)22-20(26)23-12-6-5-7-13-23/h9-10,15H,5-8,11-14H2,1-4H3,(H,22,24,26). The van der Waals surface area contributed by atoms with E-state index >= 15 is 0 Å². The first-order valence-electron chi connectivity index (χ1n) is 9.60. The van der Waals surface area contributed by atoms with Gasteiger partial charge < -0.3 is 15.0 Å². The van der Waals surface area contributed by atoms with Gasteiger partial charge in [-0.25, -0.2) is 0 Å². The van der Waals surface area contributed by atoms with Crippen LogP contribution in [0.1, 0.15) is 57.1 Å². The molecule has 1 saturated heterocycles. The number of carbonyl (C=O) groups excluding carboxylic acids is 1. The SMILES string of the molecule is Cc1ccc(C)c(OCCCC(C)(C)C(=O)NC(=S)N2CCCCC2)c1. The number of piperidine rings is 1. The highest BCUT2D eigenvalue weighted by molar-refractivity contribution is 7.80. The van der Waals surface area contributed by atoms with E-state index in [9.17, 15) is 4.79 Å². The van der Waals surface area contributed by atoms with Gasteiger partial charge in [0.25, 0.3) is 0 Å². The smallest absolute Gasteiger partial charge is 0.231 e. The van der Waals surface area contributed by atoms with Crippen molar-refractivity contribution in [2.75, 3.05) is 19.7 Å². The van der Waals surface area contributed by atoms with Crippen molar-refractivity contribution in [3.8, 4) is 5.75 Å². The summed E-state index contributed by atoms with van der Waals surface area (Å²) in [5, 5.41) is 3.52. The first-order chi connectivity index (χ1) is 12.3. The minimum atomic E-state index is -0.467. The molecule has 1 heterocycles. The number of thiocarbonyl (C=S) groups is 1. The average Bonchev–Trinajstić information content (AvgIpc) is 2.62. The fourth-order valence-electron chi connectivity index (χ4n) is 3.11. The molecule has 1 fully saturated rings. The maximum absolute atomic E-state index is 12.6. The van der Waals surface area contributed by atoms with Crippen LogP contribution in [0.25, 0.3) is 0 Å². The third-order valence-corrected chi connectivity index (χ3v) is 5.39. The Balaban J connectivity index is 1.77. The Morgan fingerprint density at radius 3 is 2.62 bits per heavy atom. The number of hydrogen-bond donors (Lipinski definition) is 1. The molecule has 2 rings (SSSR count). The van der Waals surface area contributed by atoms with E-state index in [1.54, 1.807) is 0 Å². The molecule has 0 aromatic heterocycles. The summed E-state index contributed by atoms with van der Waals surface area (Å²) in [6, 6.07) is 6.22. The number of amides is 1. The van der Waals surface area contributed by atoms with Crippen LogP contribution in [0.5, 0.6) is 5.75 Å². The second kappa shape index (κ2) is 9.36. The number of hydrogen-bond acceptors (Lipinski definition) is 3. The monoisotopic (exact) mass is 376 g/mol. The van der Waals surface area contributed by atoms with Gasteiger partial charge in [-0.1, -0.05) is 26.0 Å². The molecule has 5 heteroatoms. The largest absolute Gasteiger partial charge is 0.493 e. The molecule has 0 aliphatic carbocycles. The quantitative estimate of drug-likeness (QED) is 0.591. The summed E-state index contributed by atoms with van der Waals surface area (Å²) in [5.41, 5.74) is 1.86. The Hall–Kier alpha value is -1.62. The molecule has 0 bridgehead atoms. The lowest BCUT2D eigenvalue weighted by molar-refractivity contribution is -0.128. The Kier molecular flexibility index (Phi) is 7.44. The topological polar surface area (TPSA) is 41.6 Å². The maximum Gasteiger partial charge on any atom is 0.231 e. The molecule has 0 spiro atoms. The molecule has 26 heavy (non-hydrogen) atoms. The third-order valence-electron chi connectivity index (χ3n) is 5.03. The van der Waals surface area contributed by atoms with E-state index in [2.05, 4.69) is 35.3 Å². The lowest BCUT2D eigenvalue weighted by Gasteiger charge is -2.31. The normalized spacial score (nSPS) is 14.8. The summed E-state index contributed by atoms with van der Waals surface area (Å²) >= 11 is 5.41. The Bertz CT molecular complexity index is 637. The summed E-state index contributed by atoms with van der Waals surface area (Å²) in [5.74, 6) is 0.929. The average molecular weight is 377 g/mol. The fraction of sp³-hybridized carbons (Fsp3) is 0.619. The number of aryl methyl sites for hydroxylation is 2. The third kappa shape index (κ3) is 5.97. The van der Waals surface area contributed by atoms with Gasteiger partial charge in [0.2, 0.25) is 5.91 Å². The van der Waals surface area contributed by atoms with Crippen LogP contribution < -0.4 is 10.1 Å². The van der Waals surface area contributed by atoms with Crippen LogP contribution in [0.15, 0.2) is 18.2 Å². The van der Waals surface area contributed by atoms with E-state index < -0.39 is 5.41 Å². The first kappa shape index (κ1) is 20.7. The molecule has 1 aromatic carbocycles. The zero-order valence-electron chi connectivity index (χ0n) is 16.6. The number of rotatable bonds is 6. The number of nitrogens with zero attached hydrogens (tertiary/aromatic N) is 1. The predicted octanol–water partition coefficient (Wildman–Crippen LogP) is 4.38. The lowest BCUT2D eigenvalue weighted by atomic mass is 9.87. The summed E-state index contributed by atoms with van der Waals surface area (Å²) in [6.07, 6.45) is 5.12. The lowest BCUT2D eigenvalue weighted by Crippen LogP contribution is -2.48. The number of carbonyl (C=O) groups is 1. The van der Waals surface area contributed by atoms with Gasteiger partial charge in [0.05, 0.1) is 6.61 Å². The highest BCUT2D eigenvalue weighted by Gasteiger charge is 2.29. The molecule has 0 unspecified atom stereocenters. The van der Waals surface area contributed by atoms with Crippen LogP contribution in [0.2, 0.25) is 0 Å². The molecule has 0 radical (unpaired) electrons. The van der Waals surface area contributed by atoms with E-state index in [1.165, 1.54) is 12.0 Å². The fourth-order valence-corrected chi connectivity index (χ4v) is 3.39. The summed E-state index contributed by atoms with van der Waals surface area (Å²) in [4.78, 5) is 14.7. The van der Waals surface area contributed by atoms with Crippen molar-refractivity contribution in [1.82, 2.24) is 10.2 Å². The van der Waals surface area contributed by atoms with E-state index in [1.807, 2.05) is 20.8 Å². The molecule has 1 aliphatic heterocycles. The van der Waals surface area contributed by atoms with Gasteiger partial charge in [0, 0.05) is 18.5 Å². The highest BCUT2D eigenvalue weighted by atomic mass is 32.1. The Morgan fingerprint density at radius 1 is 1.23 bits per heavy atom. The molecule has 1 aliphatic rings. The van der Waals surface area contributed by atoms with E-state index in [-0.39, 0.29) is 5.91 Å². The van der Waals surface area contributed by atoms with Gasteiger partial charge in [0.1, 0.15) is 5.75 Å². The molecular weight excluding hydrogens is 344 g/mol. The minimum absolute atomic E-state index is 0.000176. The number of benzene rings is 1. The summed E-state index contributed by atoms with van der Waals surface area (Å²) in [7, 11) is 0. The van der Waals surface area contributed by atoms with E-state index in [0.717, 1.165) is 50.1 Å².